The minimum Gasteiger partial charge on any atom is -0.410 e. The molecule has 2 rings (SSSR count). The van der Waals surface area contributed by atoms with Crippen LogP contribution in [0.4, 0.5) is 5.69 Å². The molecule has 2 amide bonds. The SMILES string of the molecule is CC(=NNC(=O)c1ccncc1)C(=NO)C(=O)Nc1ccccc1. The van der Waals surface area contributed by atoms with E-state index in [9.17, 15) is 9.59 Å². The number of amides is 2. The Hall–Kier alpha value is -3.55. The molecular formula is C16H15N5O3. The molecule has 0 atom stereocenters. The normalized spacial score (nSPS) is 11.7. The number of nitrogens with one attached hydrogen (secondary N) is 2. The Morgan fingerprint density at radius 1 is 1.08 bits per heavy atom. The number of carbonyl (C=O) groups excluding carboxylic acids is 2. The van der Waals surface area contributed by atoms with E-state index in [1.807, 2.05) is 0 Å². The molecule has 0 radical (unpaired) electrons. The van der Waals surface area contributed by atoms with Crippen molar-refractivity contribution >= 4 is 28.9 Å². The molecule has 3 N–H and O–H groups in total. The third-order valence-corrected chi connectivity index (χ3v) is 2.96. The molecule has 0 saturated carbocycles. The van der Waals surface area contributed by atoms with Gasteiger partial charge in [-0.3, -0.25) is 14.6 Å². The minimum atomic E-state index is -0.650. The lowest BCUT2D eigenvalue weighted by atomic mass is 10.2. The number of pyridine rings is 1. The highest BCUT2D eigenvalue weighted by Crippen LogP contribution is 2.05. The molecule has 0 unspecified atom stereocenters. The van der Waals surface area contributed by atoms with Gasteiger partial charge in [-0.15, -0.1) is 0 Å². The van der Waals surface area contributed by atoms with E-state index in [0.717, 1.165) is 0 Å². The van der Waals surface area contributed by atoms with E-state index in [2.05, 4.69) is 26.0 Å². The van der Waals surface area contributed by atoms with E-state index >= 15 is 0 Å². The van der Waals surface area contributed by atoms with Gasteiger partial charge in [-0.2, -0.15) is 5.10 Å². The maximum atomic E-state index is 12.1. The fourth-order valence-electron chi connectivity index (χ4n) is 1.75. The van der Waals surface area contributed by atoms with E-state index in [1.54, 1.807) is 30.3 Å². The van der Waals surface area contributed by atoms with E-state index in [1.165, 1.54) is 31.5 Å². The van der Waals surface area contributed by atoms with Gasteiger partial charge in [0.25, 0.3) is 11.8 Å². The van der Waals surface area contributed by atoms with Crippen LogP contribution in [0.5, 0.6) is 0 Å². The van der Waals surface area contributed by atoms with Crippen LogP contribution in [-0.4, -0.2) is 33.4 Å². The van der Waals surface area contributed by atoms with Gasteiger partial charge in [0.1, 0.15) is 0 Å². The molecule has 24 heavy (non-hydrogen) atoms. The third kappa shape index (κ3) is 4.47. The van der Waals surface area contributed by atoms with Crippen LogP contribution >= 0.6 is 0 Å². The van der Waals surface area contributed by atoms with Crippen molar-refractivity contribution in [3.05, 3.63) is 60.4 Å². The van der Waals surface area contributed by atoms with Crippen LogP contribution in [0.15, 0.2) is 65.1 Å². The summed E-state index contributed by atoms with van der Waals surface area (Å²) in [7, 11) is 0. The molecule has 0 saturated heterocycles. The van der Waals surface area contributed by atoms with Crippen molar-refractivity contribution in [3.8, 4) is 0 Å². The van der Waals surface area contributed by atoms with Gasteiger partial charge >= 0.3 is 0 Å². The highest BCUT2D eigenvalue weighted by molar-refractivity contribution is 6.68. The maximum absolute atomic E-state index is 12.1. The predicted molar refractivity (Wildman–Crippen MR) is 89.1 cm³/mol. The number of aromatic nitrogens is 1. The summed E-state index contributed by atoms with van der Waals surface area (Å²) in [4.78, 5) is 27.8. The first kappa shape index (κ1) is 16.8. The number of hydrazone groups is 1. The molecule has 0 aliphatic rings. The second-order valence-corrected chi connectivity index (χ2v) is 4.64. The molecule has 8 heteroatoms. The highest BCUT2D eigenvalue weighted by Gasteiger charge is 2.16. The monoisotopic (exact) mass is 325 g/mol. The average Bonchev–Trinajstić information content (AvgIpc) is 2.62. The Balaban J connectivity index is 2.04. The molecule has 8 nitrogen and oxygen atoms in total. The quantitative estimate of drug-likeness (QED) is 0.440. The van der Waals surface area contributed by atoms with E-state index in [0.29, 0.717) is 11.3 Å². The van der Waals surface area contributed by atoms with Crippen LogP contribution in [0.1, 0.15) is 17.3 Å². The van der Waals surface area contributed by atoms with E-state index < -0.39 is 11.8 Å². The summed E-state index contributed by atoms with van der Waals surface area (Å²) in [6.07, 6.45) is 2.94. The van der Waals surface area contributed by atoms with Gasteiger partial charge in [-0.25, -0.2) is 5.43 Å². The Bertz CT molecular complexity index is 773. The summed E-state index contributed by atoms with van der Waals surface area (Å²) < 4.78 is 0. The van der Waals surface area contributed by atoms with Crippen LogP contribution in [0, 0.1) is 0 Å². The number of hydrogen-bond acceptors (Lipinski definition) is 6. The summed E-state index contributed by atoms with van der Waals surface area (Å²) >= 11 is 0. The number of hydrogen-bond donors (Lipinski definition) is 3. The maximum Gasteiger partial charge on any atom is 0.279 e. The molecule has 1 heterocycles. The lowest BCUT2D eigenvalue weighted by Gasteiger charge is -2.06. The molecule has 0 fully saturated rings. The van der Waals surface area contributed by atoms with Gasteiger partial charge in [0.05, 0.1) is 5.71 Å². The number of carbonyl (C=O) groups is 2. The number of anilines is 1. The smallest absolute Gasteiger partial charge is 0.279 e. The molecule has 1 aromatic heterocycles. The second kappa shape index (κ2) is 8.18. The van der Waals surface area contributed by atoms with Crippen molar-refractivity contribution in [3.63, 3.8) is 0 Å². The molecular weight excluding hydrogens is 310 g/mol. The second-order valence-electron chi connectivity index (χ2n) is 4.64. The van der Waals surface area contributed by atoms with Crippen molar-refractivity contribution in [2.45, 2.75) is 6.92 Å². The summed E-state index contributed by atoms with van der Waals surface area (Å²) in [5.74, 6) is -1.12. The van der Waals surface area contributed by atoms with Gasteiger partial charge in [-0.05, 0) is 31.2 Å². The van der Waals surface area contributed by atoms with E-state index in [-0.39, 0.29) is 11.4 Å². The standard InChI is InChI=1S/C16H15N5O3/c1-11(19-20-15(22)12-7-9-17-10-8-12)14(21-24)16(23)18-13-5-3-2-4-6-13/h2-10,24H,1H3,(H,18,23)(H,20,22). The van der Waals surface area contributed by atoms with Gasteiger partial charge in [0.15, 0.2) is 5.71 Å². The number of nitrogens with zero attached hydrogens (tertiary/aromatic N) is 3. The van der Waals surface area contributed by atoms with Crippen LogP contribution < -0.4 is 10.7 Å². The lowest BCUT2D eigenvalue weighted by molar-refractivity contribution is -0.110. The zero-order chi connectivity index (χ0) is 17.4. The molecule has 0 bridgehead atoms. The molecule has 122 valence electrons. The van der Waals surface area contributed by atoms with Crippen LogP contribution in [-0.2, 0) is 4.79 Å². The Labute approximate surface area is 137 Å². The Morgan fingerprint density at radius 2 is 1.75 bits per heavy atom. The average molecular weight is 325 g/mol. The molecule has 0 aliphatic carbocycles. The zero-order valence-electron chi connectivity index (χ0n) is 12.8. The highest BCUT2D eigenvalue weighted by atomic mass is 16.4. The number of rotatable bonds is 5. The first-order valence-electron chi connectivity index (χ1n) is 6.95. The fraction of sp³-hybridized carbons (Fsp3) is 0.0625. The van der Waals surface area contributed by atoms with Gasteiger partial charge in [0.2, 0.25) is 0 Å². The van der Waals surface area contributed by atoms with Crippen LogP contribution in [0.3, 0.4) is 0 Å². The Kier molecular flexibility index (Phi) is 5.73. The number of para-hydroxylation sites is 1. The number of benzene rings is 1. The summed E-state index contributed by atoms with van der Waals surface area (Å²) in [5.41, 5.74) is 2.92. The molecule has 0 spiro atoms. The summed E-state index contributed by atoms with van der Waals surface area (Å²) in [6.45, 7) is 1.44. The van der Waals surface area contributed by atoms with Crippen molar-refractivity contribution in [1.29, 1.82) is 0 Å². The lowest BCUT2D eigenvalue weighted by Crippen LogP contribution is -2.31. The largest absolute Gasteiger partial charge is 0.410 e. The van der Waals surface area contributed by atoms with Gasteiger partial charge in [-0.1, -0.05) is 23.4 Å². The first-order valence-corrected chi connectivity index (χ1v) is 6.95. The summed E-state index contributed by atoms with van der Waals surface area (Å²) in [6, 6.07) is 11.7. The van der Waals surface area contributed by atoms with Crippen molar-refractivity contribution in [2.75, 3.05) is 5.32 Å². The van der Waals surface area contributed by atoms with Crippen molar-refractivity contribution in [1.82, 2.24) is 10.4 Å². The van der Waals surface area contributed by atoms with E-state index in [4.69, 9.17) is 5.21 Å². The minimum absolute atomic E-state index is 0.0494. The van der Waals surface area contributed by atoms with Gasteiger partial charge in [0, 0.05) is 23.6 Å². The van der Waals surface area contributed by atoms with Crippen molar-refractivity contribution < 1.29 is 14.8 Å². The first-order chi connectivity index (χ1) is 11.6. The summed E-state index contributed by atoms with van der Waals surface area (Å²) in [5, 5.41) is 18.3. The third-order valence-electron chi connectivity index (χ3n) is 2.96. The van der Waals surface area contributed by atoms with Crippen LogP contribution in [0.2, 0.25) is 0 Å². The van der Waals surface area contributed by atoms with Gasteiger partial charge < -0.3 is 10.5 Å². The molecule has 1 aromatic carbocycles. The topological polar surface area (TPSA) is 116 Å². The Morgan fingerprint density at radius 3 is 2.38 bits per heavy atom. The predicted octanol–water partition coefficient (Wildman–Crippen LogP) is 1.66. The number of oxime groups is 1. The van der Waals surface area contributed by atoms with Crippen LogP contribution in [0.25, 0.3) is 0 Å². The molecule has 0 aliphatic heterocycles. The fourth-order valence-corrected chi connectivity index (χ4v) is 1.75. The molecule has 2 aromatic rings. The van der Waals surface area contributed by atoms with Crippen molar-refractivity contribution in [2.24, 2.45) is 10.3 Å². The zero-order valence-corrected chi connectivity index (χ0v) is 12.8.